The first kappa shape index (κ1) is 17.8. The van der Waals surface area contributed by atoms with Gasteiger partial charge in [-0.2, -0.15) is 0 Å². The van der Waals surface area contributed by atoms with Crippen LogP contribution in [0, 0.1) is 5.92 Å². The van der Waals surface area contributed by atoms with Gasteiger partial charge < -0.3 is 20.7 Å². The Hall–Kier alpha value is -2.61. The molecule has 1 fully saturated rings. The molecule has 0 spiro atoms. The highest BCUT2D eigenvalue weighted by Gasteiger charge is 2.28. The van der Waals surface area contributed by atoms with Crippen molar-refractivity contribution in [1.29, 1.82) is 0 Å². The van der Waals surface area contributed by atoms with Gasteiger partial charge in [0.2, 0.25) is 0 Å². The summed E-state index contributed by atoms with van der Waals surface area (Å²) in [5.74, 6) is -0.193. The Balaban J connectivity index is 1.48. The maximum absolute atomic E-state index is 14.3. The lowest BCUT2D eigenvalue weighted by atomic mass is 10.0. The predicted octanol–water partition coefficient (Wildman–Crippen LogP) is 2.94. The molecule has 0 unspecified atom stereocenters. The van der Waals surface area contributed by atoms with E-state index in [4.69, 9.17) is 16.7 Å². The highest BCUT2D eigenvalue weighted by molar-refractivity contribution is 6.31. The molecule has 3 heterocycles. The molecule has 1 aliphatic carbocycles. The standard InChI is InChI=1S/C18H19ClFN5O2/c19-10-5-12-13(7-22-16(12)21-6-10)17-23-8-14(20)18(25-17)24-11-2-1-9(3-11)4-15(26)27/h5-7,9,11,24H,1-4,8H2,(H,21,22)(H,23,25)(H,26,27)/t9-,11+/m1/s1. The maximum atomic E-state index is 14.3. The highest BCUT2D eigenvalue weighted by Crippen LogP contribution is 2.29. The SMILES string of the molecule is O=C(O)C[C@@H]1CC[C@H](NC2=C(F)CN=C(c3c[nH]c4ncc(Cl)cc34)N2)C1. The summed E-state index contributed by atoms with van der Waals surface area (Å²) in [6.07, 6.45) is 5.83. The van der Waals surface area contributed by atoms with Crippen LogP contribution in [0.5, 0.6) is 0 Å². The van der Waals surface area contributed by atoms with E-state index in [2.05, 4.69) is 25.6 Å². The number of H-pyrrole nitrogens is 1. The highest BCUT2D eigenvalue weighted by atomic mass is 35.5. The smallest absolute Gasteiger partial charge is 0.303 e. The number of fused-ring (bicyclic) bond motifs is 1. The van der Waals surface area contributed by atoms with Crippen molar-refractivity contribution >= 4 is 34.4 Å². The number of aromatic nitrogens is 2. The summed E-state index contributed by atoms with van der Waals surface area (Å²) in [6, 6.07) is 1.83. The average molecular weight is 392 g/mol. The first-order chi connectivity index (χ1) is 13.0. The second-order valence-electron chi connectivity index (χ2n) is 6.94. The molecule has 2 atom stereocenters. The number of nitrogens with one attached hydrogen (secondary N) is 3. The minimum Gasteiger partial charge on any atom is -0.481 e. The summed E-state index contributed by atoms with van der Waals surface area (Å²) >= 11 is 6.04. The second kappa shape index (κ2) is 7.19. The average Bonchev–Trinajstić information content (AvgIpc) is 3.23. The van der Waals surface area contributed by atoms with E-state index in [1.54, 1.807) is 18.5 Å². The first-order valence-electron chi connectivity index (χ1n) is 8.81. The van der Waals surface area contributed by atoms with Crippen LogP contribution in [-0.4, -0.2) is 39.5 Å². The van der Waals surface area contributed by atoms with Crippen molar-refractivity contribution in [2.24, 2.45) is 10.9 Å². The molecule has 0 amide bonds. The Bertz CT molecular complexity index is 954. The lowest BCUT2D eigenvalue weighted by Crippen LogP contribution is -2.40. The van der Waals surface area contributed by atoms with E-state index >= 15 is 0 Å². The molecule has 1 saturated carbocycles. The zero-order chi connectivity index (χ0) is 19.0. The number of carboxylic acid groups (broad SMARTS) is 1. The molecular weight excluding hydrogens is 373 g/mol. The summed E-state index contributed by atoms with van der Waals surface area (Å²) < 4.78 is 14.3. The lowest BCUT2D eigenvalue weighted by molar-refractivity contribution is -0.138. The minimum absolute atomic E-state index is 0.0426. The molecule has 9 heteroatoms. The van der Waals surface area contributed by atoms with Gasteiger partial charge in [-0.1, -0.05) is 11.6 Å². The van der Waals surface area contributed by atoms with Gasteiger partial charge in [-0.25, -0.2) is 9.37 Å². The van der Waals surface area contributed by atoms with Crippen molar-refractivity contribution in [2.45, 2.75) is 31.7 Å². The van der Waals surface area contributed by atoms with Gasteiger partial charge >= 0.3 is 5.97 Å². The molecule has 7 nitrogen and oxygen atoms in total. The fourth-order valence-electron chi connectivity index (χ4n) is 3.74. The largest absolute Gasteiger partial charge is 0.481 e. The zero-order valence-electron chi connectivity index (χ0n) is 14.4. The van der Waals surface area contributed by atoms with Crippen LogP contribution in [-0.2, 0) is 4.79 Å². The molecule has 4 rings (SSSR count). The molecule has 0 bridgehead atoms. The van der Waals surface area contributed by atoms with Crippen LogP contribution in [0.25, 0.3) is 11.0 Å². The van der Waals surface area contributed by atoms with Crippen LogP contribution in [0.1, 0.15) is 31.2 Å². The zero-order valence-corrected chi connectivity index (χ0v) is 15.2. The summed E-state index contributed by atoms with van der Waals surface area (Å²) in [6.45, 7) is -0.0589. The number of hydrogen-bond donors (Lipinski definition) is 4. The normalized spacial score (nSPS) is 22.7. The van der Waals surface area contributed by atoms with Crippen LogP contribution in [0.3, 0.4) is 0 Å². The molecule has 2 aromatic heterocycles. The van der Waals surface area contributed by atoms with Crippen molar-refractivity contribution in [1.82, 2.24) is 20.6 Å². The molecule has 2 aromatic rings. The Morgan fingerprint density at radius 3 is 3.11 bits per heavy atom. The Labute approximate surface area is 159 Å². The molecule has 4 N–H and O–H groups in total. The predicted molar refractivity (Wildman–Crippen MR) is 100 cm³/mol. The van der Waals surface area contributed by atoms with Crippen LogP contribution < -0.4 is 10.6 Å². The molecular formula is C18H19ClFN5O2. The van der Waals surface area contributed by atoms with E-state index in [1.165, 1.54) is 0 Å². The lowest BCUT2D eigenvalue weighted by Gasteiger charge is -2.23. The summed E-state index contributed by atoms with van der Waals surface area (Å²) in [5.41, 5.74) is 1.44. The number of amidine groups is 1. The van der Waals surface area contributed by atoms with Crippen molar-refractivity contribution in [3.8, 4) is 0 Å². The van der Waals surface area contributed by atoms with Gasteiger partial charge in [0.15, 0.2) is 5.83 Å². The number of rotatable bonds is 5. The summed E-state index contributed by atoms with van der Waals surface area (Å²) in [7, 11) is 0. The van der Waals surface area contributed by atoms with Gasteiger partial charge in [0.05, 0.1) is 11.6 Å². The van der Waals surface area contributed by atoms with E-state index in [9.17, 15) is 9.18 Å². The van der Waals surface area contributed by atoms with Gasteiger partial charge in [0.25, 0.3) is 0 Å². The third-order valence-corrected chi connectivity index (χ3v) is 5.20. The topological polar surface area (TPSA) is 102 Å². The van der Waals surface area contributed by atoms with Gasteiger partial charge in [0.1, 0.15) is 17.3 Å². The van der Waals surface area contributed by atoms with Gasteiger partial charge in [-0.3, -0.25) is 9.79 Å². The van der Waals surface area contributed by atoms with Crippen LogP contribution in [0.15, 0.2) is 35.1 Å². The molecule has 1 aliphatic heterocycles. The minimum atomic E-state index is -0.789. The molecule has 27 heavy (non-hydrogen) atoms. The third kappa shape index (κ3) is 3.75. The van der Waals surface area contributed by atoms with E-state index in [0.717, 1.165) is 23.8 Å². The number of aliphatic imine (C=N–C) groups is 1. The van der Waals surface area contributed by atoms with Crippen molar-refractivity contribution in [2.75, 3.05) is 6.54 Å². The number of halogens is 2. The van der Waals surface area contributed by atoms with E-state index in [-0.39, 0.29) is 30.8 Å². The Morgan fingerprint density at radius 1 is 1.44 bits per heavy atom. The Kier molecular flexibility index (Phi) is 4.73. The fraction of sp³-hybridized carbons (Fsp3) is 0.389. The molecule has 0 radical (unpaired) electrons. The van der Waals surface area contributed by atoms with Crippen LogP contribution >= 0.6 is 11.6 Å². The van der Waals surface area contributed by atoms with Crippen LogP contribution in [0.2, 0.25) is 5.02 Å². The summed E-state index contributed by atoms with van der Waals surface area (Å²) in [4.78, 5) is 22.4. The third-order valence-electron chi connectivity index (χ3n) is 5.00. The van der Waals surface area contributed by atoms with Crippen molar-refractivity contribution in [3.05, 3.63) is 40.7 Å². The van der Waals surface area contributed by atoms with Crippen molar-refractivity contribution < 1.29 is 14.3 Å². The molecule has 142 valence electrons. The van der Waals surface area contributed by atoms with Gasteiger partial charge in [0, 0.05) is 35.8 Å². The Morgan fingerprint density at radius 2 is 2.30 bits per heavy atom. The number of carboxylic acids is 1. The fourth-order valence-corrected chi connectivity index (χ4v) is 3.89. The van der Waals surface area contributed by atoms with E-state index < -0.39 is 5.97 Å². The number of hydrogen-bond acceptors (Lipinski definition) is 5. The van der Waals surface area contributed by atoms with E-state index in [0.29, 0.717) is 28.7 Å². The maximum Gasteiger partial charge on any atom is 0.303 e. The molecule has 2 aliphatic rings. The quantitative estimate of drug-likeness (QED) is 0.627. The molecule has 0 aromatic carbocycles. The number of nitrogens with zero attached hydrogens (tertiary/aromatic N) is 2. The summed E-state index contributed by atoms with van der Waals surface area (Å²) in [5, 5.41) is 16.5. The van der Waals surface area contributed by atoms with Gasteiger partial charge in [-0.05, 0) is 31.2 Å². The first-order valence-corrected chi connectivity index (χ1v) is 9.19. The van der Waals surface area contributed by atoms with Crippen LogP contribution in [0.4, 0.5) is 4.39 Å². The number of carbonyl (C=O) groups is 1. The van der Waals surface area contributed by atoms with Crippen molar-refractivity contribution in [3.63, 3.8) is 0 Å². The monoisotopic (exact) mass is 391 g/mol. The second-order valence-corrected chi connectivity index (χ2v) is 7.38. The number of aliphatic carboxylic acids is 1. The number of aromatic amines is 1. The van der Waals surface area contributed by atoms with E-state index in [1.807, 2.05) is 0 Å². The van der Waals surface area contributed by atoms with Gasteiger partial charge in [-0.15, -0.1) is 0 Å². The molecule has 0 saturated heterocycles. The number of pyridine rings is 1.